The zero-order valence-corrected chi connectivity index (χ0v) is 10.3. The number of hydrogen-bond donors (Lipinski definition) is 2. The van der Waals surface area contributed by atoms with Crippen molar-refractivity contribution in [3.05, 3.63) is 39.8 Å². The van der Waals surface area contributed by atoms with Crippen molar-refractivity contribution in [2.24, 2.45) is 0 Å². The van der Waals surface area contributed by atoms with E-state index in [2.05, 4.69) is 28.8 Å². The van der Waals surface area contributed by atoms with Crippen molar-refractivity contribution in [3.8, 4) is 0 Å². The molecule has 1 aromatic carbocycles. The molecule has 0 radical (unpaired) electrons. The smallest absolute Gasteiger partial charge is 0.304 e. The molecule has 2 aromatic heterocycles. The van der Waals surface area contributed by atoms with Crippen LogP contribution in [0.5, 0.6) is 0 Å². The Balaban J connectivity index is 0.00000108. The number of H-pyrrole nitrogens is 2. The molecule has 0 aliphatic carbocycles. The van der Waals surface area contributed by atoms with Crippen LogP contribution in [-0.2, 0) is 0 Å². The third-order valence-corrected chi connectivity index (χ3v) is 3.02. The Hall–Kier alpha value is -1.81. The molecule has 0 unspecified atom stereocenters. The second kappa shape index (κ2) is 3.89. The van der Waals surface area contributed by atoms with Gasteiger partial charge in [-0.15, -0.1) is 12.4 Å². The van der Waals surface area contributed by atoms with E-state index in [0.717, 1.165) is 16.4 Å². The first-order valence-electron chi connectivity index (χ1n) is 5.14. The largest absolute Gasteiger partial charge is 0.325 e. The predicted molar refractivity (Wildman–Crippen MR) is 70.9 cm³/mol. The van der Waals surface area contributed by atoms with E-state index in [4.69, 9.17) is 0 Å². The molecule has 17 heavy (non-hydrogen) atoms. The monoisotopic (exact) mass is 249 g/mol. The summed E-state index contributed by atoms with van der Waals surface area (Å²) in [5, 5.41) is 1.09. The van der Waals surface area contributed by atoms with Crippen LogP contribution in [0.4, 0.5) is 0 Å². The van der Waals surface area contributed by atoms with Crippen LogP contribution in [0.3, 0.4) is 0 Å². The molecule has 0 aliphatic heterocycles. The first kappa shape index (κ1) is 11.7. The van der Waals surface area contributed by atoms with Gasteiger partial charge in [-0.05, 0) is 37.1 Å². The maximum absolute atomic E-state index is 11.2. The number of halogens is 1. The van der Waals surface area contributed by atoms with Gasteiger partial charge in [-0.1, -0.05) is 6.07 Å². The molecule has 0 bridgehead atoms. The second-order valence-electron chi connectivity index (χ2n) is 4.04. The molecule has 0 atom stereocenters. The number of nitrogens with zero attached hydrogens (tertiary/aromatic N) is 1. The van der Waals surface area contributed by atoms with Crippen molar-refractivity contribution in [1.29, 1.82) is 0 Å². The van der Waals surface area contributed by atoms with Crippen molar-refractivity contribution in [3.63, 3.8) is 0 Å². The van der Waals surface area contributed by atoms with Gasteiger partial charge in [0.25, 0.3) is 0 Å². The number of fused-ring (bicyclic) bond motifs is 2. The molecule has 3 rings (SSSR count). The Morgan fingerprint density at radius 1 is 1.18 bits per heavy atom. The van der Waals surface area contributed by atoms with Crippen molar-refractivity contribution < 1.29 is 0 Å². The second-order valence-corrected chi connectivity index (χ2v) is 4.04. The summed E-state index contributed by atoms with van der Waals surface area (Å²) in [5.41, 5.74) is 4.49. The van der Waals surface area contributed by atoms with E-state index in [1.54, 1.807) is 0 Å². The molecular formula is C12H12ClN3O. The number of aromatic nitrogens is 3. The fourth-order valence-corrected chi connectivity index (χ4v) is 1.95. The van der Waals surface area contributed by atoms with Gasteiger partial charge in [0.15, 0.2) is 5.65 Å². The average Bonchev–Trinajstić information content (AvgIpc) is 2.61. The minimum atomic E-state index is -0.216. The molecule has 5 heteroatoms. The maximum atomic E-state index is 11.2. The van der Waals surface area contributed by atoms with Gasteiger partial charge >= 0.3 is 5.69 Å². The van der Waals surface area contributed by atoms with Gasteiger partial charge in [-0.25, -0.2) is 9.78 Å². The lowest BCUT2D eigenvalue weighted by atomic mass is 10.0. The third kappa shape index (κ3) is 1.70. The number of aryl methyl sites for hydroxylation is 2. The number of pyridine rings is 1. The van der Waals surface area contributed by atoms with Crippen molar-refractivity contribution in [1.82, 2.24) is 15.0 Å². The van der Waals surface area contributed by atoms with Crippen LogP contribution in [-0.4, -0.2) is 15.0 Å². The highest BCUT2D eigenvalue weighted by molar-refractivity contribution is 5.91. The normalized spacial score (nSPS) is 10.7. The molecule has 0 saturated heterocycles. The van der Waals surface area contributed by atoms with Gasteiger partial charge in [0.1, 0.15) is 0 Å². The maximum Gasteiger partial charge on any atom is 0.325 e. The van der Waals surface area contributed by atoms with E-state index in [1.807, 2.05) is 18.2 Å². The molecule has 0 spiro atoms. The standard InChI is InChI=1S/C12H11N3O.ClH/c1-6-3-4-9-8(7(6)2)5-10-11(13-9)15-12(16)14-10;/h3-5H,1-2H3,(H2,13,14,15,16);1H. The van der Waals surface area contributed by atoms with Crippen LogP contribution < -0.4 is 5.69 Å². The molecule has 88 valence electrons. The molecular weight excluding hydrogens is 238 g/mol. The van der Waals surface area contributed by atoms with Crippen molar-refractivity contribution in [2.45, 2.75) is 13.8 Å². The summed E-state index contributed by atoms with van der Waals surface area (Å²) in [4.78, 5) is 21.0. The number of rotatable bonds is 0. The Bertz CT molecular complexity index is 757. The molecule has 2 N–H and O–H groups in total. The Morgan fingerprint density at radius 2 is 1.94 bits per heavy atom. The number of hydrogen-bond acceptors (Lipinski definition) is 2. The summed E-state index contributed by atoms with van der Waals surface area (Å²) in [6.45, 7) is 4.13. The summed E-state index contributed by atoms with van der Waals surface area (Å²) in [7, 11) is 0. The highest BCUT2D eigenvalue weighted by Gasteiger charge is 2.05. The molecule has 0 saturated carbocycles. The first-order valence-corrected chi connectivity index (χ1v) is 5.14. The van der Waals surface area contributed by atoms with Crippen molar-refractivity contribution in [2.75, 3.05) is 0 Å². The van der Waals surface area contributed by atoms with Crippen LogP contribution in [0, 0.1) is 13.8 Å². The van der Waals surface area contributed by atoms with E-state index in [1.165, 1.54) is 11.1 Å². The van der Waals surface area contributed by atoms with Crippen molar-refractivity contribution >= 4 is 34.5 Å². The van der Waals surface area contributed by atoms with Crippen LogP contribution >= 0.6 is 12.4 Å². The summed E-state index contributed by atoms with van der Waals surface area (Å²) in [5.74, 6) is 0. The van der Waals surface area contributed by atoms with E-state index >= 15 is 0 Å². The lowest BCUT2D eigenvalue weighted by Crippen LogP contribution is -1.99. The van der Waals surface area contributed by atoms with Gasteiger partial charge in [0, 0.05) is 5.39 Å². The quantitative estimate of drug-likeness (QED) is 0.643. The molecule has 3 aromatic rings. The molecule has 0 fully saturated rings. The van der Waals surface area contributed by atoms with Gasteiger partial charge in [0.2, 0.25) is 0 Å². The summed E-state index contributed by atoms with van der Waals surface area (Å²) >= 11 is 0. The fraction of sp³-hybridized carbons (Fsp3) is 0.167. The minimum Gasteiger partial charge on any atom is -0.304 e. The van der Waals surface area contributed by atoms with E-state index in [9.17, 15) is 4.79 Å². The predicted octanol–water partition coefficient (Wildman–Crippen LogP) is 2.44. The van der Waals surface area contributed by atoms with Crippen LogP contribution in [0.15, 0.2) is 23.0 Å². The topological polar surface area (TPSA) is 61.5 Å². The fourth-order valence-electron chi connectivity index (χ4n) is 1.95. The van der Waals surface area contributed by atoms with E-state index in [-0.39, 0.29) is 18.1 Å². The van der Waals surface area contributed by atoms with Crippen LogP contribution in [0.25, 0.3) is 22.1 Å². The Kier molecular flexibility index (Phi) is 2.67. The van der Waals surface area contributed by atoms with Crippen LogP contribution in [0.1, 0.15) is 11.1 Å². The average molecular weight is 250 g/mol. The van der Waals surface area contributed by atoms with E-state index in [0.29, 0.717) is 5.65 Å². The zero-order chi connectivity index (χ0) is 11.3. The number of imidazole rings is 1. The SMILES string of the molecule is Cc1ccc2nc3[nH]c(=O)[nH]c3cc2c1C.Cl. The molecule has 4 nitrogen and oxygen atoms in total. The van der Waals surface area contributed by atoms with Gasteiger partial charge in [0.05, 0.1) is 11.0 Å². The highest BCUT2D eigenvalue weighted by Crippen LogP contribution is 2.22. The van der Waals surface area contributed by atoms with Gasteiger partial charge in [-0.2, -0.15) is 0 Å². The Labute approximate surface area is 103 Å². The Morgan fingerprint density at radius 3 is 2.71 bits per heavy atom. The number of aromatic amines is 2. The third-order valence-electron chi connectivity index (χ3n) is 3.02. The molecule has 0 amide bonds. The van der Waals surface area contributed by atoms with Gasteiger partial charge in [-0.3, -0.25) is 4.98 Å². The lowest BCUT2D eigenvalue weighted by Gasteiger charge is -2.04. The van der Waals surface area contributed by atoms with Gasteiger partial charge < -0.3 is 4.98 Å². The number of nitrogens with one attached hydrogen (secondary N) is 2. The summed E-state index contributed by atoms with van der Waals surface area (Å²) < 4.78 is 0. The molecule has 2 heterocycles. The number of benzene rings is 1. The van der Waals surface area contributed by atoms with Crippen LogP contribution in [0.2, 0.25) is 0 Å². The highest BCUT2D eigenvalue weighted by atomic mass is 35.5. The van der Waals surface area contributed by atoms with E-state index < -0.39 is 0 Å². The zero-order valence-electron chi connectivity index (χ0n) is 9.50. The molecule has 0 aliphatic rings. The first-order chi connectivity index (χ1) is 7.65. The lowest BCUT2D eigenvalue weighted by molar-refractivity contribution is 1.20. The summed E-state index contributed by atoms with van der Waals surface area (Å²) in [6.07, 6.45) is 0. The minimum absolute atomic E-state index is 0. The summed E-state index contributed by atoms with van der Waals surface area (Å²) in [6, 6.07) is 5.99.